The summed E-state index contributed by atoms with van der Waals surface area (Å²) in [5, 5.41) is 1.22. The van der Waals surface area contributed by atoms with Gasteiger partial charge >= 0.3 is 0 Å². The minimum atomic E-state index is 0.336. The van der Waals surface area contributed by atoms with Crippen LogP contribution in [0.4, 0.5) is 5.13 Å². The Hall–Kier alpha value is -0.610. The van der Waals surface area contributed by atoms with Crippen molar-refractivity contribution in [1.29, 1.82) is 0 Å². The highest BCUT2D eigenvalue weighted by molar-refractivity contribution is 7.17. The second kappa shape index (κ2) is 5.17. The Bertz CT molecular complexity index is 431. The van der Waals surface area contributed by atoms with Gasteiger partial charge in [0.15, 0.2) is 16.6 Å². The maximum absolute atomic E-state index is 10.8. The molecule has 0 saturated carbocycles. The molecule has 1 aliphatic rings. The van der Waals surface area contributed by atoms with Crippen molar-refractivity contribution >= 4 is 34.4 Å². The molecule has 1 aromatic rings. The standard InChI is InChI=1S/C13H19ClN2OS/c1-13(2,3)9-4-6-16(7-5-9)12-15-11(14)10(8-17)18-12/h8-9H,4-7H2,1-3H3. The summed E-state index contributed by atoms with van der Waals surface area (Å²) in [6.07, 6.45) is 3.14. The van der Waals surface area contributed by atoms with Crippen molar-refractivity contribution < 1.29 is 4.79 Å². The Morgan fingerprint density at radius 1 is 1.39 bits per heavy atom. The Morgan fingerprint density at radius 3 is 2.44 bits per heavy atom. The van der Waals surface area contributed by atoms with Crippen LogP contribution in [-0.4, -0.2) is 24.4 Å². The zero-order valence-corrected chi connectivity index (χ0v) is 12.6. The van der Waals surface area contributed by atoms with E-state index in [1.54, 1.807) is 0 Å². The monoisotopic (exact) mass is 286 g/mol. The number of carbonyl (C=O) groups excluding carboxylic acids is 1. The quantitative estimate of drug-likeness (QED) is 0.774. The second-order valence-corrected chi connectivity index (χ2v) is 7.26. The molecule has 3 nitrogen and oxygen atoms in total. The van der Waals surface area contributed by atoms with Crippen LogP contribution in [0, 0.1) is 11.3 Å². The first-order valence-electron chi connectivity index (χ1n) is 6.28. The number of aromatic nitrogens is 1. The molecule has 1 fully saturated rings. The van der Waals surface area contributed by atoms with Crippen LogP contribution in [0.2, 0.25) is 5.15 Å². The summed E-state index contributed by atoms with van der Waals surface area (Å²) in [4.78, 5) is 17.8. The molecular formula is C13H19ClN2OS. The van der Waals surface area contributed by atoms with Gasteiger partial charge in [-0.1, -0.05) is 43.7 Å². The van der Waals surface area contributed by atoms with Crippen molar-refractivity contribution in [3.05, 3.63) is 10.0 Å². The summed E-state index contributed by atoms with van der Waals surface area (Å²) in [5.74, 6) is 0.759. The predicted molar refractivity (Wildman–Crippen MR) is 76.9 cm³/mol. The van der Waals surface area contributed by atoms with E-state index in [0.29, 0.717) is 15.4 Å². The van der Waals surface area contributed by atoms with Crippen LogP contribution in [0.25, 0.3) is 0 Å². The smallest absolute Gasteiger partial charge is 0.187 e. The van der Waals surface area contributed by atoms with Crippen molar-refractivity contribution in [1.82, 2.24) is 4.98 Å². The zero-order valence-electron chi connectivity index (χ0n) is 11.1. The van der Waals surface area contributed by atoms with Gasteiger partial charge in [0.25, 0.3) is 0 Å². The molecule has 18 heavy (non-hydrogen) atoms. The van der Waals surface area contributed by atoms with Crippen molar-refractivity contribution in [2.75, 3.05) is 18.0 Å². The summed E-state index contributed by atoms with van der Waals surface area (Å²) in [5.41, 5.74) is 0.376. The fraction of sp³-hybridized carbons (Fsp3) is 0.692. The number of nitrogens with zero attached hydrogens (tertiary/aromatic N) is 2. The third-order valence-corrected chi connectivity index (χ3v) is 5.14. The van der Waals surface area contributed by atoms with E-state index in [2.05, 4.69) is 30.7 Å². The highest BCUT2D eigenvalue weighted by Crippen LogP contribution is 2.37. The Balaban J connectivity index is 2.03. The number of rotatable bonds is 2. The van der Waals surface area contributed by atoms with E-state index >= 15 is 0 Å². The lowest BCUT2D eigenvalue weighted by Gasteiger charge is -2.38. The van der Waals surface area contributed by atoms with Crippen LogP contribution < -0.4 is 4.90 Å². The molecule has 2 heterocycles. The van der Waals surface area contributed by atoms with Gasteiger partial charge in [0.1, 0.15) is 4.88 Å². The molecular weight excluding hydrogens is 268 g/mol. The van der Waals surface area contributed by atoms with Crippen LogP contribution in [-0.2, 0) is 0 Å². The summed E-state index contributed by atoms with van der Waals surface area (Å²) < 4.78 is 0. The molecule has 0 aliphatic carbocycles. The van der Waals surface area contributed by atoms with Gasteiger partial charge in [0.2, 0.25) is 0 Å². The SMILES string of the molecule is CC(C)(C)C1CCN(c2nc(Cl)c(C=O)s2)CC1. The molecule has 0 unspecified atom stereocenters. The lowest BCUT2D eigenvalue weighted by Crippen LogP contribution is -2.37. The molecule has 0 bridgehead atoms. The number of aldehydes is 1. The minimum Gasteiger partial charge on any atom is -0.348 e. The average molecular weight is 287 g/mol. The van der Waals surface area contributed by atoms with Gasteiger partial charge in [0.05, 0.1) is 0 Å². The Labute approximate surface area is 117 Å². The van der Waals surface area contributed by atoms with E-state index in [-0.39, 0.29) is 0 Å². The molecule has 2 rings (SSSR count). The third-order valence-electron chi connectivity index (χ3n) is 3.70. The largest absolute Gasteiger partial charge is 0.348 e. The molecule has 0 radical (unpaired) electrons. The van der Waals surface area contributed by atoms with E-state index in [4.69, 9.17) is 11.6 Å². The molecule has 0 amide bonds. The maximum Gasteiger partial charge on any atom is 0.187 e. The Morgan fingerprint density at radius 2 is 2.00 bits per heavy atom. The van der Waals surface area contributed by atoms with Gasteiger partial charge in [-0.2, -0.15) is 0 Å². The zero-order chi connectivity index (χ0) is 13.3. The molecule has 0 atom stereocenters. The van der Waals surface area contributed by atoms with E-state index < -0.39 is 0 Å². The first kappa shape index (κ1) is 13.8. The number of halogens is 1. The average Bonchev–Trinajstić information content (AvgIpc) is 2.69. The lowest BCUT2D eigenvalue weighted by molar-refractivity contribution is 0.112. The molecule has 0 aromatic carbocycles. The summed E-state index contributed by atoms with van der Waals surface area (Å²) in [7, 11) is 0. The number of anilines is 1. The summed E-state index contributed by atoms with van der Waals surface area (Å²) in [6.45, 7) is 8.92. The fourth-order valence-corrected chi connectivity index (χ4v) is 3.56. The summed E-state index contributed by atoms with van der Waals surface area (Å²) >= 11 is 7.30. The van der Waals surface area contributed by atoms with Crippen LogP contribution >= 0.6 is 22.9 Å². The predicted octanol–water partition coefficient (Wildman–Crippen LogP) is 3.87. The van der Waals surface area contributed by atoms with Crippen molar-refractivity contribution in [2.45, 2.75) is 33.6 Å². The number of carbonyl (C=O) groups is 1. The first-order valence-corrected chi connectivity index (χ1v) is 7.47. The van der Waals surface area contributed by atoms with Gasteiger partial charge in [-0.25, -0.2) is 4.98 Å². The Kier molecular flexibility index (Phi) is 3.97. The lowest BCUT2D eigenvalue weighted by atomic mass is 9.75. The van der Waals surface area contributed by atoms with Gasteiger partial charge in [-0.3, -0.25) is 4.79 Å². The second-order valence-electron chi connectivity index (χ2n) is 5.90. The molecule has 5 heteroatoms. The minimum absolute atomic E-state index is 0.336. The van der Waals surface area contributed by atoms with Crippen molar-refractivity contribution in [3.8, 4) is 0 Å². The molecule has 0 spiro atoms. The normalized spacial score (nSPS) is 18.1. The number of thiazole rings is 1. The van der Waals surface area contributed by atoms with E-state index in [9.17, 15) is 4.79 Å². The first-order chi connectivity index (χ1) is 8.41. The highest BCUT2D eigenvalue weighted by Gasteiger charge is 2.29. The molecule has 1 aromatic heterocycles. The van der Waals surface area contributed by atoms with Crippen LogP contribution in [0.3, 0.4) is 0 Å². The van der Waals surface area contributed by atoms with Gasteiger partial charge < -0.3 is 4.90 Å². The highest BCUT2D eigenvalue weighted by atomic mass is 35.5. The number of hydrogen-bond donors (Lipinski definition) is 0. The number of piperidine rings is 1. The van der Waals surface area contributed by atoms with E-state index in [0.717, 1.165) is 30.4 Å². The molecule has 1 saturated heterocycles. The third kappa shape index (κ3) is 2.86. The molecule has 0 N–H and O–H groups in total. The van der Waals surface area contributed by atoms with E-state index in [1.165, 1.54) is 24.2 Å². The van der Waals surface area contributed by atoms with Crippen LogP contribution in [0.5, 0.6) is 0 Å². The number of hydrogen-bond acceptors (Lipinski definition) is 4. The van der Waals surface area contributed by atoms with Crippen molar-refractivity contribution in [2.24, 2.45) is 11.3 Å². The molecule has 1 aliphatic heterocycles. The fourth-order valence-electron chi connectivity index (χ4n) is 2.45. The van der Waals surface area contributed by atoms with E-state index in [1.807, 2.05) is 0 Å². The topological polar surface area (TPSA) is 33.2 Å². The maximum atomic E-state index is 10.8. The van der Waals surface area contributed by atoms with Gasteiger partial charge in [-0.05, 0) is 24.2 Å². The van der Waals surface area contributed by atoms with Gasteiger partial charge in [0, 0.05) is 13.1 Å². The van der Waals surface area contributed by atoms with Crippen LogP contribution in [0.15, 0.2) is 0 Å². The van der Waals surface area contributed by atoms with Gasteiger partial charge in [-0.15, -0.1) is 0 Å². The van der Waals surface area contributed by atoms with Crippen molar-refractivity contribution in [3.63, 3.8) is 0 Å². The summed E-state index contributed by atoms with van der Waals surface area (Å²) in [6, 6.07) is 0. The van der Waals surface area contributed by atoms with Crippen LogP contribution in [0.1, 0.15) is 43.3 Å². The molecule has 100 valence electrons.